The first kappa shape index (κ1) is 13.8. The number of hydrogen-bond acceptors (Lipinski definition) is 5. The zero-order chi connectivity index (χ0) is 14.2. The van der Waals surface area contributed by atoms with E-state index >= 15 is 0 Å². The predicted molar refractivity (Wildman–Crippen MR) is 69.4 cm³/mol. The Morgan fingerprint density at radius 2 is 2.16 bits per heavy atom. The van der Waals surface area contributed by atoms with Crippen LogP contribution >= 0.6 is 11.3 Å². The third-order valence-electron chi connectivity index (χ3n) is 3.07. The van der Waals surface area contributed by atoms with Crippen molar-refractivity contribution in [2.24, 2.45) is 0 Å². The lowest BCUT2D eigenvalue weighted by molar-refractivity contribution is -0.141. The van der Waals surface area contributed by atoms with Crippen LogP contribution in [0.2, 0.25) is 0 Å². The van der Waals surface area contributed by atoms with Crippen LogP contribution in [-0.2, 0) is 4.79 Å². The molecule has 0 spiro atoms. The fraction of sp³-hybridized carbons (Fsp3) is 0.545. The van der Waals surface area contributed by atoms with Gasteiger partial charge < -0.3 is 15.1 Å². The number of carbonyl (C=O) groups is 2. The minimum absolute atomic E-state index is 0.0200. The molecule has 19 heavy (non-hydrogen) atoms. The summed E-state index contributed by atoms with van der Waals surface area (Å²) in [6.07, 6.45) is -0.745. The van der Waals surface area contributed by atoms with Gasteiger partial charge in [-0.05, 0) is 13.8 Å². The predicted octanol–water partition coefficient (Wildman–Crippen LogP) is 0.812. The van der Waals surface area contributed by atoms with Crippen molar-refractivity contribution >= 4 is 28.5 Å². The summed E-state index contributed by atoms with van der Waals surface area (Å²) >= 11 is 1.33. The molecule has 0 aromatic carbocycles. The number of aliphatic hydroxyl groups excluding tert-OH is 1. The van der Waals surface area contributed by atoms with Gasteiger partial charge >= 0.3 is 12.0 Å². The number of hydrogen-bond donors (Lipinski definition) is 3. The molecule has 7 nitrogen and oxygen atoms in total. The number of thiazole rings is 1. The number of nitrogens with zero attached hydrogens (tertiary/aromatic N) is 2. The topological polar surface area (TPSA) is 103 Å². The van der Waals surface area contributed by atoms with Gasteiger partial charge in [-0.25, -0.2) is 14.6 Å². The molecule has 1 aromatic heterocycles. The van der Waals surface area contributed by atoms with Gasteiger partial charge in [0, 0.05) is 17.8 Å². The minimum atomic E-state index is -1.11. The molecule has 1 aliphatic rings. The van der Waals surface area contributed by atoms with Crippen molar-refractivity contribution in [3.8, 4) is 0 Å². The number of amides is 2. The summed E-state index contributed by atoms with van der Waals surface area (Å²) in [4.78, 5) is 29.3. The van der Waals surface area contributed by atoms with Crippen molar-refractivity contribution in [1.29, 1.82) is 0 Å². The molecule has 2 rings (SSSR count). The fourth-order valence-corrected chi connectivity index (χ4v) is 2.77. The van der Waals surface area contributed by atoms with Gasteiger partial charge in [0.15, 0.2) is 5.13 Å². The maximum Gasteiger partial charge on any atom is 0.326 e. The number of anilines is 1. The number of aliphatic carboxylic acids is 1. The van der Waals surface area contributed by atoms with Crippen LogP contribution in [-0.4, -0.2) is 50.8 Å². The normalized spacial score (nSPS) is 22.6. The van der Waals surface area contributed by atoms with E-state index < -0.39 is 24.1 Å². The Morgan fingerprint density at radius 1 is 1.47 bits per heavy atom. The van der Waals surface area contributed by atoms with E-state index in [1.165, 1.54) is 11.3 Å². The highest BCUT2D eigenvalue weighted by molar-refractivity contribution is 7.15. The standard InChI is InChI=1S/C11H15N3O4S/c1-5-6(2)19-10(12-5)13-11(18)14-4-7(15)3-8(14)9(16)17/h7-8,15H,3-4H2,1-2H3,(H,16,17)(H,12,13,18)/t7-,8+/m1/s1. The fourth-order valence-electron chi connectivity index (χ4n) is 1.96. The highest BCUT2D eigenvalue weighted by atomic mass is 32.1. The Bertz CT molecular complexity index is 497. The molecule has 0 saturated carbocycles. The van der Waals surface area contributed by atoms with E-state index in [9.17, 15) is 14.7 Å². The van der Waals surface area contributed by atoms with E-state index in [1.54, 1.807) is 0 Å². The van der Waals surface area contributed by atoms with Crippen LogP contribution in [0.4, 0.5) is 9.93 Å². The summed E-state index contributed by atoms with van der Waals surface area (Å²) < 4.78 is 0. The molecule has 0 radical (unpaired) electrons. The monoisotopic (exact) mass is 285 g/mol. The first-order valence-corrected chi connectivity index (χ1v) is 6.62. The summed E-state index contributed by atoms with van der Waals surface area (Å²) in [5.74, 6) is -1.11. The number of carboxylic acid groups (broad SMARTS) is 1. The molecule has 1 fully saturated rings. The molecule has 0 aliphatic carbocycles. The van der Waals surface area contributed by atoms with Gasteiger partial charge in [-0.15, -0.1) is 11.3 Å². The van der Waals surface area contributed by atoms with E-state index in [2.05, 4.69) is 10.3 Å². The highest BCUT2D eigenvalue weighted by Crippen LogP contribution is 2.23. The van der Waals surface area contributed by atoms with Gasteiger partial charge in [0.2, 0.25) is 0 Å². The van der Waals surface area contributed by atoms with Crippen LogP contribution in [0.25, 0.3) is 0 Å². The van der Waals surface area contributed by atoms with E-state index in [-0.39, 0.29) is 13.0 Å². The molecule has 8 heteroatoms. The molecule has 104 valence electrons. The molecular weight excluding hydrogens is 270 g/mol. The molecule has 1 aromatic rings. The third kappa shape index (κ3) is 2.85. The lowest BCUT2D eigenvalue weighted by Gasteiger charge is -2.20. The molecule has 1 aliphatic heterocycles. The van der Waals surface area contributed by atoms with Gasteiger partial charge in [-0.3, -0.25) is 5.32 Å². The third-order valence-corrected chi connectivity index (χ3v) is 4.06. The summed E-state index contributed by atoms with van der Waals surface area (Å²) in [5.41, 5.74) is 0.830. The van der Waals surface area contributed by atoms with Gasteiger partial charge in [0.05, 0.1) is 11.8 Å². The van der Waals surface area contributed by atoms with E-state index in [0.29, 0.717) is 5.13 Å². The van der Waals surface area contributed by atoms with Crippen molar-refractivity contribution in [2.45, 2.75) is 32.4 Å². The number of aromatic nitrogens is 1. The average molecular weight is 285 g/mol. The Labute approximate surface area is 113 Å². The van der Waals surface area contributed by atoms with Crippen molar-refractivity contribution in [3.63, 3.8) is 0 Å². The van der Waals surface area contributed by atoms with Gasteiger partial charge in [-0.2, -0.15) is 0 Å². The highest BCUT2D eigenvalue weighted by Gasteiger charge is 2.39. The van der Waals surface area contributed by atoms with Crippen molar-refractivity contribution < 1.29 is 19.8 Å². The molecule has 0 unspecified atom stereocenters. The van der Waals surface area contributed by atoms with Gasteiger partial charge in [0.1, 0.15) is 6.04 Å². The number of β-amino-alcohol motifs (C(OH)–C–C–N with tert-alkyl or cyclic N) is 1. The Morgan fingerprint density at radius 3 is 2.68 bits per heavy atom. The number of aryl methyl sites for hydroxylation is 2. The van der Waals surface area contributed by atoms with Crippen LogP contribution in [0, 0.1) is 13.8 Å². The Balaban J connectivity index is 2.08. The smallest absolute Gasteiger partial charge is 0.326 e. The minimum Gasteiger partial charge on any atom is -0.480 e. The van der Waals surface area contributed by atoms with Crippen molar-refractivity contribution in [1.82, 2.24) is 9.88 Å². The maximum absolute atomic E-state index is 12.0. The molecule has 2 heterocycles. The van der Waals surface area contributed by atoms with Gasteiger partial charge in [-0.1, -0.05) is 0 Å². The first-order valence-electron chi connectivity index (χ1n) is 5.81. The Hall–Kier alpha value is -1.67. The molecule has 2 amide bonds. The number of carbonyl (C=O) groups excluding carboxylic acids is 1. The van der Waals surface area contributed by atoms with Crippen molar-refractivity contribution in [2.75, 3.05) is 11.9 Å². The summed E-state index contributed by atoms with van der Waals surface area (Å²) in [5, 5.41) is 21.5. The second-order valence-corrected chi connectivity index (χ2v) is 5.69. The summed E-state index contributed by atoms with van der Waals surface area (Å²) in [6.45, 7) is 3.75. The number of urea groups is 1. The molecule has 0 bridgehead atoms. The van der Waals surface area contributed by atoms with E-state index in [1.807, 2.05) is 13.8 Å². The van der Waals surface area contributed by atoms with Gasteiger partial charge in [0.25, 0.3) is 0 Å². The largest absolute Gasteiger partial charge is 0.480 e. The zero-order valence-corrected chi connectivity index (χ0v) is 11.4. The van der Waals surface area contributed by atoms with Crippen LogP contribution in [0.1, 0.15) is 17.0 Å². The van der Waals surface area contributed by atoms with E-state index in [0.717, 1.165) is 15.5 Å². The van der Waals surface area contributed by atoms with Crippen LogP contribution in [0.15, 0.2) is 0 Å². The molecule has 3 N–H and O–H groups in total. The van der Waals surface area contributed by atoms with E-state index in [4.69, 9.17) is 5.11 Å². The second-order valence-electron chi connectivity index (χ2n) is 4.49. The maximum atomic E-state index is 12.0. The number of carboxylic acids is 1. The average Bonchev–Trinajstić information content (AvgIpc) is 2.83. The van der Waals surface area contributed by atoms with Crippen molar-refractivity contribution in [3.05, 3.63) is 10.6 Å². The lowest BCUT2D eigenvalue weighted by Crippen LogP contribution is -2.43. The Kier molecular flexibility index (Phi) is 3.72. The van der Waals surface area contributed by atoms with Crippen LogP contribution < -0.4 is 5.32 Å². The number of aliphatic hydroxyl groups is 1. The first-order chi connectivity index (χ1) is 8.88. The number of likely N-dealkylation sites (tertiary alicyclic amines) is 1. The molecular formula is C11H15N3O4S. The summed E-state index contributed by atoms with van der Waals surface area (Å²) in [7, 11) is 0. The number of rotatable bonds is 2. The quantitative estimate of drug-likeness (QED) is 0.746. The van der Waals surface area contributed by atoms with Crippen LogP contribution in [0.3, 0.4) is 0 Å². The number of nitrogens with one attached hydrogen (secondary N) is 1. The second kappa shape index (κ2) is 5.14. The summed E-state index contributed by atoms with van der Waals surface area (Å²) in [6, 6.07) is -1.53. The zero-order valence-electron chi connectivity index (χ0n) is 10.6. The lowest BCUT2D eigenvalue weighted by atomic mass is 10.2. The SMILES string of the molecule is Cc1nc(NC(=O)N2C[C@H](O)C[C@H]2C(=O)O)sc1C. The molecule has 2 atom stereocenters. The molecule has 1 saturated heterocycles. The van der Waals surface area contributed by atoms with Crippen LogP contribution in [0.5, 0.6) is 0 Å².